The number of aryl methyl sites for hydroxylation is 6. The van der Waals surface area contributed by atoms with Crippen molar-refractivity contribution in [3.8, 4) is 0 Å². The summed E-state index contributed by atoms with van der Waals surface area (Å²) in [7, 11) is -17.2. The van der Waals surface area contributed by atoms with Gasteiger partial charge in [0.2, 0.25) is 0 Å². The van der Waals surface area contributed by atoms with Gasteiger partial charge in [-0.15, -0.1) is 0 Å². The van der Waals surface area contributed by atoms with Crippen molar-refractivity contribution in [1.82, 2.24) is 0 Å². The zero-order valence-corrected chi connectivity index (χ0v) is 89.0. The first-order valence-electron chi connectivity index (χ1n) is 48.1. The molecule has 0 aromatic heterocycles. The van der Waals surface area contributed by atoms with E-state index in [1.807, 2.05) is 7.11 Å². The fourth-order valence-electron chi connectivity index (χ4n) is 24.3. The molecule has 0 fully saturated rings. The standard InChI is InChI=1S/C112H146O4Si9/c1-76-24-25-78(56-77(76)2)50-54-119(10,11)115-124(20,21)112-74-102-64-97(46-41-90(102)68-106(112)94-43-35-83-33-38-86(83)60-94)105-67-89-40-45-93(62-101(89)73-109(105)122(16,17)113-3)104-66-88-30-27-79(48-52-117(4,5)6)58-98(88)65-103(104)75-121(14,15)116-125(22,23)111-72-92-42-47-96(63-100(92)70-108(111)95-44-36-84-34-39-87(84)61-95)107-69-99-59-80(49-53-118(7,8)9)28-31-91(99)71-110(107)123(18,19)114-120(12,13)55-51-81-26-29-82-32-37-85(82)57-81/h24-31,35-36,40-64,103-112H,1-2,32-34,37-39,65-75H2,3-23H3. The van der Waals surface area contributed by atoms with Crippen LogP contribution in [-0.4, -0.2) is 81.5 Å². The molecule has 0 aliphatic heterocycles. The molecule has 0 saturated carbocycles. The topological polar surface area (TPSA) is 36.9 Å². The predicted molar refractivity (Wildman–Crippen MR) is 560 cm³/mol. The summed E-state index contributed by atoms with van der Waals surface area (Å²) in [6.45, 7) is 58.8. The van der Waals surface area contributed by atoms with E-state index >= 15 is 0 Å². The van der Waals surface area contributed by atoms with E-state index in [0.717, 1.165) is 80.7 Å². The molecule has 10 unspecified atom stereocenters. The van der Waals surface area contributed by atoms with Crippen LogP contribution in [0, 0.1) is 5.92 Å². The van der Waals surface area contributed by atoms with Gasteiger partial charge in [-0.05, 0) is 414 Å². The number of hydrogen-bond donors (Lipinski definition) is 0. The highest BCUT2D eigenvalue weighted by molar-refractivity contribution is 6.89. The Morgan fingerprint density at radius 3 is 0.928 bits per heavy atom. The van der Waals surface area contributed by atoms with Crippen LogP contribution < -0.4 is 10.4 Å². The van der Waals surface area contributed by atoms with Gasteiger partial charge in [0, 0.05) is 7.11 Å². The van der Waals surface area contributed by atoms with Gasteiger partial charge in [-0.1, -0.05) is 257 Å². The minimum atomic E-state index is -2.48. The smallest absolute Gasteiger partial charge is 0.198 e. The van der Waals surface area contributed by atoms with E-state index in [2.05, 4.69) is 355 Å². The molecule has 9 aromatic rings. The molecule has 10 atom stereocenters. The van der Waals surface area contributed by atoms with Crippen molar-refractivity contribution in [1.29, 1.82) is 0 Å². The predicted octanol–water partition coefficient (Wildman–Crippen LogP) is 27.4. The average Bonchev–Trinajstić information content (AvgIpc) is 0.749. The van der Waals surface area contributed by atoms with Crippen LogP contribution in [0.4, 0.5) is 0 Å². The van der Waals surface area contributed by atoms with E-state index in [1.54, 1.807) is 50.1 Å². The molecule has 0 radical (unpaired) electrons. The van der Waals surface area contributed by atoms with Gasteiger partial charge < -0.3 is 16.8 Å². The van der Waals surface area contributed by atoms with Crippen molar-refractivity contribution >= 4 is 112 Å². The summed E-state index contributed by atoms with van der Waals surface area (Å²) >= 11 is 0. The third kappa shape index (κ3) is 20.1. The molecule has 0 amide bonds. The highest BCUT2D eigenvalue weighted by Crippen LogP contribution is 2.56. The van der Waals surface area contributed by atoms with Crippen LogP contribution in [0.15, 0.2) is 187 Å². The highest BCUT2D eigenvalue weighted by atomic mass is 28.4. The highest BCUT2D eigenvalue weighted by Gasteiger charge is 2.52. The quantitative estimate of drug-likeness (QED) is 0.0506. The second-order valence-corrected chi connectivity index (χ2v) is 86.0. The molecular weight excluding hydrogens is 1660 g/mol. The van der Waals surface area contributed by atoms with Crippen molar-refractivity contribution in [2.24, 2.45) is 5.92 Å². The molecule has 125 heavy (non-hydrogen) atoms. The Balaban J connectivity index is 0.660. The lowest BCUT2D eigenvalue weighted by Gasteiger charge is -2.47. The Morgan fingerprint density at radius 2 is 0.544 bits per heavy atom. The minimum Gasteiger partial charge on any atom is -0.455 e. The van der Waals surface area contributed by atoms with Gasteiger partial charge in [-0.25, -0.2) is 0 Å². The summed E-state index contributed by atoms with van der Waals surface area (Å²) in [5, 5.41) is 1.96. The van der Waals surface area contributed by atoms with Crippen molar-refractivity contribution in [3.63, 3.8) is 0 Å². The van der Waals surface area contributed by atoms with Crippen molar-refractivity contribution in [2.75, 3.05) is 7.11 Å². The molecule has 8 aliphatic carbocycles. The van der Waals surface area contributed by atoms with Crippen LogP contribution in [0.1, 0.15) is 169 Å². The zero-order chi connectivity index (χ0) is 88.5. The maximum absolute atomic E-state index is 8.41. The third-order valence-electron chi connectivity index (χ3n) is 31.5. The minimum absolute atomic E-state index is 0.367. The average molecular weight is 1810 g/mol. The lowest BCUT2D eigenvalue weighted by Crippen LogP contribution is -2.51. The Morgan fingerprint density at radius 1 is 0.264 bits per heavy atom. The Kier molecular flexibility index (Phi) is 25.1. The van der Waals surface area contributed by atoms with Gasteiger partial charge in [0.25, 0.3) is 0 Å². The summed E-state index contributed by atoms with van der Waals surface area (Å²) in [5.41, 5.74) is 49.2. The largest absolute Gasteiger partial charge is 0.455 e. The first-order chi connectivity index (χ1) is 58.9. The van der Waals surface area contributed by atoms with E-state index in [4.69, 9.17) is 16.8 Å². The van der Waals surface area contributed by atoms with Crippen LogP contribution in [0.5, 0.6) is 0 Å². The summed E-state index contributed by atoms with van der Waals surface area (Å²) in [5.74, 6) is 2.37. The molecule has 13 heteroatoms. The van der Waals surface area contributed by atoms with E-state index < -0.39 is 74.4 Å². The van der Waals surface area contributed by atoms with Gasteiger partial charge in [0.1, 0.15) is 0 Å². The van der Waals surface area contributed by atoms with Gasteiger partial charge in [-0.2, -0.15) is 0 Å². The van der Waals surface area contributed by atoms with Gasteiger partial charge in [-0.3, -0.25) is 0 Å². The number of hydrogen-bond acceptors (Lipinski definition) is 4. The van der Waals surface area contributed by atoms with Crippen LogP contribution in [-0.2, 0) is 120 Å². The maximum atomic E-state index is 8.41. The summed E-state index contributed by atoms with van der Waals surface area (Å²) in [4.78, 5) is 0. The number of rotatable bonds is 26. The summed E-state index contributed by atoms with van der Waals surface area (Å²) in [6, 6.07) is 68.7. The third-order valence-corrected chi connectivity index (χ3v) is 60.6. The van der Waals surface area contributed by atoms with Crippen LogP contribution >= 0.6 is 0 Å². The Bertz CT molecular complexity index is 5860. The first-order valence-corrected chi connectivity index (χ1v) is 76.3. The molecule has 9 aromatic carbocycles. The van der Waals surface area contributed by atoms with E-state index in [-0.39, 0.29) is 0 Å². The van der Waals surface area contributed by atoms with E-state index in [1.165, 1.54) is 128 Å². The van der Waals surface area contributed by atoms with E-state index in [0.29, 0.717) is 57.7 Å². The molecule has 0 heterocycles. The molecular formula is C112H146O4Si9. The number of benzene rings is 9. The van der Waals surface area contributed by atoms with Crippen molar-refractivity contribution in [3.05, 3.63) is 336 Å². The molecule has 4 nitrogen and oxygen atoms in total. The zero-order valence-electron chi connectivity index (χ0n) is 80.0. The fraction of sp³-hybridized carbons (Fsp3) is 0.429. The molecule has 0 N–H and O–H groups in total. The molecule has 0 bridgehead atoms. The van der Waals surface area contributed by atoms with Crippen LogP contribution in [0.2, 0.25) is 159 Å². The van der Waals surface area contributed by atoms with Crippen molar-refractivity contribution < 1.29 is 16.8 Å². The Hall–Kier alpha value is -6.53. The molecule has 654 valence electrons. The van der Waals surface area contributed by atoms with Gasteiger partial charge >= 0.3 is 0 Å². The second-order valence-electron chi connectivity index (χ2n) is 46.2. The van der Waals surface area contributed by atoms with E-state index in [9.17, 15) is 0 Å². The number of fused-ring (bicyclic) bond motifs is 8. The Labute approximate surface area is 763 Å². The van der Waals surface area contributed by atoms with Crippen LogP contribution in [0.25, 0.3) is 37.5 Å². The van der Waals surface area contributed by atoms with Crippen molar-refractivity contribution in [2.45, 2.75) is 291 Å². The second kappa shape index (κ2) is 34.6. The maximum Gasteiger partial charge on any atom is 0.198 e. The first kappa shape index (κ1) is 90.4. The lowest BCUT2D eigenvalue weighted by molar-refractivity contribution is 0.371. The fourth-order valence-corrected chi connectivity index (χ4v) is 56.1. The van der Waals surface area contributed by atoms with Gasteiger partial charge in [0.15, 0.2) is 58.2 Å². The monoisotopic (exact) mass is 1810 g/mol. The molecule has 8 aliphatic rings. The normalized spacial score (nSPS) is 22.8. The SMILES string of the molecule is C=c1ccc(C=C[Si](C)(C)O[Si](C)(C)C2Cc3cc(C4Cc5ccc(C6Cc7ccc(C=C[Si](C)(C)C)cc7CC6C[Si](C)(C)O[Si](C)(C)C6Cc7ccc(C8Cc9cc(C=C[Si](C)(C)C)ccc9CC8[Si](C)(C)O[Si](C)(C)C=Cc8ccc9c(c8)CC9)cc7CC6c6ccc7c(c6)CC7)cc5CC4[Si](C)(C)OC)ccc3CC2c2ccc3c(c2)CC3)cc1=C. The lowest BCUT2D eigenvalue weighted by atomic mass is 9.71. The molecule has 0 saturated heterocycles. The summed E-state index contributed by atoms with van der Waals surface area (Å²) < 4.78 is 30.8. The molecule has 17 rings (SSSR count). The van der Waals surface area contributed by atoms with Crippen LogP contribution in [0.3, 0.4) is 0 Å². The molecule has 0 spiro atoms. The summed E-state index contributed by atoms with van der Waals surface area (Å²) in [6.07, 6.45) is 27.4. The van der Waals surface area contributed by atoms with Gasteiger partial charge in [0.05, 0.1) is 16.1 Å².